The molecule has 2 rings (SSSR count). The minimum absolute atomic E-state index is 0.0927. The van der Waals surface area contributed by atoms with Gasteiger partial charge in [0.1, 0.15) is 16.4 Å². The number of nitrogens with one attached hydrogen (secondary N) is 1. The van der Waals surface area contributed by atoms with Crippen LogP contribution in [0.1, 0.15) is 43.3 Å². The van der Waals surface area contributed by atoms with E-state index in [1.165, 1.54) is 12.8 Å². The molecule has 108 valence electrons. The summed E-state index contributed by atoms with van der Waals surface area (Å²) in [5, 5.41) is 9.31. The van der Waals surface area contributed by atoms with Crippen LogP contribution in [0.4, 0.5) is 0 Å². The Labute approximate surface area is 114 Å². The fraction of sp³-hybridized carbons (Fsp3) is 0.692. The molecule has 1 aliphatic rings. The number of hydrogen-bond donors (Lipinski definition) is 2. The number of rotatable bonds is 6. The third kappa shape index (κ3) is 3.19. The van der Waals surface area contributed by atoms with Crippen LogP contribution in [0.5, 0.6) is 0 Å². The highest BCUT2D eigenvalue weighted by Gasteiger charge is 2.30. The SMILES string of the molecule is Cc1oc(C)c(S(=O)(=O)NC(C)CC2CC2)c1CO. The molecule has 19 heavy (non-hydrogen) atoms. The minimum atomic E-state index is -3.63. The van der Waals surface area contributed by atoms with Crippen molar-refractivity contribution < 1.29 is 17.9 Å². The van der Waals surface area contributed by atoms with E-state index in [0.29, 0.717) is 23.0 Å². The molecule has 0 saturated heterocycles. The van der Waals surface area contributed by atoms with Gasteiger partial charge >= 0.3 is 0 Å². The molecule has 1 aliphatic carbocycles. The van der Waals surface area contributed by atoms with Crippen molar-refractivity contribution in [1.82, 2.24) is 4.72 Å². The summed E-state index contributed by atoms with van der Waals surface area (Å²) in [6.07, 6.45) is 3.25. The van der Waals surface area contributed by atoms with Crippen LogP contribution in [0, 0.1) is 19.8 Å². The minimum Gasteiger partial charge on any atom is -0.465 e. The highest BCUT2D eigenvalue weighted by atomic mass is 32.2. The summed E-state index contributed by atoms with van der Waals surface area (Å²) < 4.78 is 32.7. The molecular weight excluding hydrogens is 266 g/mol. The van der Waals surface area contributed by atoms with Crippen LogP contribution < -0.4 is 4.72 Å². The summed E-state index contributed by atoms with van der Waals surface area (Å²) in [5.74, 6) is 1.44. The van der Waals surface area contributed by atoms with Gasteiger partial charge in [0.25, 0.3) is 0 Å². The Kier molecular flexibility index (Phi) is 4.03. The van der Waals surface area contributed by atoms with Crippen LogP contribution in [0.25, 0.3) is 0 Å². The van der Waals surface area contributed by atoms with Crippen LogP contribution >= 0.6 is 0 Å². The molecule has 1 fully saturated rings. The maximum absolute atomic E-state index is 12.4. The second-order valence-corrected chi connectivity index (χ2v) is 7.03. The van der Waals surface area contributed by atoms with E-state index < -0.39 is 10.0 Å². The van der Waals surface area contributed by atoms with Gasteiger partial charge in [0.15, 0.2) is 0 Å². The molecule has 1 aromatic rings. The van der Waals surface area contributed by atoms with Gasteiger partial charge in [0, 0.05) is 11.6 Å². The van der Waals surface area contributed by atoms with Gasteiger partial charge < -0.3 is 9.52 Å². The van der Waals surface area contributed by atoms with Crippen molar-refractivity contribution in [2.45, 2.75) is 57.6 Å². The molecule has 1 aromatic heterocycles. The Morgan fingerprint density at radius 1 is 1.37 bits per heavy atom. The van der Waals surface area contributed by atoms with Gasteiger partial charge in [0.2, 0.25) is 10.0 Å². The van der Waals surface area contributed by atoms with E-state index in [1.54, 1.807) is 13.8 Å². The molecule has 5 nitrogen and oxygen atoms in total. The molecule has 0 spiro atoms. The highest BCUT2D eigenvalue weighted by Crippen LogP contribution is 2.34. The number of aliphatic hydroxyl groups excluding tert-OH is 1. The molecule has 6 heteroatoms. The third-order valence-corrected chi connectivity index (χ3v) is 5.28. The lowest BCUT2D eigenvalue weighted by Gasteiger charge is -2.14. The van der Waals surface area contributed by atoms with Crippen molar-refractivity contribution in [3.05, 3.63) is 17.1 Å². The molecule has 1 unspecified atom stereocenters. The van der Waals surface area contributed by atoms with E-state index >= 15 is 0 Å². The van der Waals surface area contributed by atoms with E-state index in [9.17, 15) is 13.5 Å². The summed E-state index contributed by atoms with van der Waals surface area (Å²) in [5.41, 5.74) is 0.351. The van der Waals surface area contributed by atoms with Crippen molar-refractivity contribution in [3.8, 4) is 0 Å². The van der Waals surface area contributed by atoms with Gasteiger partial charge in [-0.05, 0) is 33.1 Å². The van der Waals surface area contributed by atoms with Gasteiger partial charge in [-0.25, -0.2) is 13.1 Å². The lowest BCUT2D eigenvalue weighted by atomic mass is 10.2. The molecule has 0 aromatic carbocycles. The van der Waals surface area contributed by atoms with Gasteiger partial charge in [-0.1, -0.05) is 12.8 Å². The van der Waals surface area contributed by atoms with Crippen molar-refractivity contribution in [3.63, 3.8) is 0 Å². The van der Waals surface area contributed by atoms with Crippen LogP contribution in [-0.2, 0) is 16.6 Å². The Morgan fingerprint density at radius 2 is 2.00 bits per heavy atom. The lowest BCUT2D eigenvalue weighted by Crippen LogP contribution is -2.33. The van der Waals surface area contributed by atoms with Crippen molar-refractivity contribution in [2.24, 2.45) is 5.92 Å². The van der Waals surface area contributed by atoms with Crippen LogP contribution in [0.3, 0.4) is 0 Å². The molecule has 0 bridgehead atoms. The number of furan rings is 1. The molecule has 0 amide bonds. The van der Waals surface area contributed by atoms with Gasteiger partial charge in [-0.15, -0.1) is 0 Å². The van der Waals surface area contributed by atoms with Crippen molar-refractivity contribution in [1.29, 1.82) is 0 Å². The summed E-state index contributed by atoms with van der Waals surface area (Å²) in [6.45, 7) is 4.80. The summed E-state index contributed by atoms with van der Waals surface area (Å²) in [7, 11) is -3.63. The zero-order valence-corrected chi connectivity index (χ0v) is 12.4. The Bertz CT molecular complexity index is 557. The Balaban J connectivity index is 2.23. The van der Waals surface area contributed by atoms with Crippen LogP contribution in [0.15, 0.2) is 9.31 Å². The van der Waals surface area contributed by atoms with E-state index in [2.05, 4.69) is 4.72 Å². The zero-order valence-electron chi connectivity index (χ0n) is 11.6. The monoisotopic (exact) mass is 287 g/mol. The smallest absolute Gasteiger partial charge is 0.244 e. The third-order valence-electron chi connectivity index (χ3n) is 3.49. The summed E-state index contributed by atoms with van der Waals surface area (Å²) >= 11 is 0. The van der Waals surface area contributed by atoms with E-state index in [0.717, 1.165) is 6.42 Å². The molecule has 1 saturated carbocycles. The predicted molar refractivity (Wildman–Crippen MR) is 71.2 cm³/mol. The molecular formula is C13H21NO4S. The summed E-state index contributed by atoms with van der Waals surface area (Å²) in [4.78, 5) is 0.0927. The largest absolute Gasteiger partial charge is 0.465 e. The molecule has 2 N–H and O–H groups in total. The fourth-order valence-electron chi connectivity index (χ4n) is 2.47. The molecule has 1 atom stereocenters. The first-order chi connectivity index (χ1) is 8.85. The molecule has 0 aliphatic heterocycles. The van der Waals surface area contributed by atoms with E-state index in [4.69, 9.17) is 4.42 Å². The topological polar surface area (TPSA) is 79.5 Å². The first kappa shape index (κ1) is 14.6. The quantitative estimate of drug-likeness (QED) is 0.837. The van der Waals surface area contributed by atoms with Crippen LogP contribution in [-0.4, -0.2) is 19.6 Å². The van der Waals surface area contributed by atoms with Gasteiger partial charge in [0.05, 0.1) is 6.61 Å². The number of aliphatic hydroxyl groups is 1. The molecule has 0 radical (unpaired) electrons. The predicted octanol–water partition coefficient (Wildman–Crippen LogP) is 1.86. The maximum atomic E-state index is 12.4. The van der Waals surface area contributed by atoms with Crippen molar-refractivity contribution in [2.75, 3.05) is 0 Å². The molecule has 1 heterocycles. The van der Waals surface area contributed by atoms with E-state index in [1.807, 2.05) is 6.92 Å². The normalized spacial score (nSPS) is 17.7. The average Bonchev–Trinajstić information content (AvgIpc) is 3.01. The van der Waals surface area contributed by atoms with Gasteiger partial charge in [-0.2, -0.15) is 0 Å². The number of hydrogen-bond acceptors (Lipinski definition) is 4. The Morgan fingerprint density at radius 3 is 2.53 bits per heavy atom. The average molecular weight is 287 g/mol. The number of aryl methyl sites for hydroxylation is 2. The van der Waals surface area contributed by atoms with Gasteiger partial charge in [-0.3, -0.25) is 0 Å². The zero-order chi connectivity index (χ0) is 14.2. The second kappa shape index (κ2) is 5.26. The Hall–Kier alpha value is -0.850. The standard InChI is InChI=1S/C13H21NO4S/c1-8(6-11-4-5-11)14-19(16,17)13-10(3)18-9(2)12(13)7-15/h8,11,14-15H,4-7H2,1-3H3. The first-order valence-corrected chi connectivity index (χ1v) is 8.05. The maximum Gasteiger partial charge on any atom is 0.244 e. The van der Waals surface area contributed by atoms with E-state index in [-0.39, 0.29) is 17.5 Å². The fourth-order valence-corrected chi connectivity index (χ4v) is 4.17. The second-order valence-electron chi connectivity index (χ2n) is 5.38. The first-order valence-electron chi connectivity index (χ1n) is 6.57. The number of sulfonamides is 1. The highest BCUT2D eigenvalue weighted by molar-refractivity contribution is 7.89. The van der Waals surface area contributed by atoms with Crippen molar-refractivity contribution >= 4 is 10.0 Å². The lowest BCUT2D eigenvalue weighted by molar-refractivity contribution is 0.276. The summed E-state index contributed by atoms with van der Waals surface area (Å²) in [6, 6.07) is -0.0985. The van der Waals surface area contributed by atoms with Crippen LogP contribution in [0.2, 0.25) is 0 Å².